The van der Waals surface area contributed by atoms with Crippen LogP contribution in [0.15, 0.2) is 41.3 Å². The fourth-order valence-corrected chi connectivity index (χ4v) is 4.49. The summed E-state index contributed by atoms with van der Waals surface area (Å²) in [4.78, 5) is 16.6. The molecule has 2 aromatic heterocycles. The van der Waals surface area contributed by atoms with Crippen LogP contribution in [-0.4, -0.2) is 37.5 Å². The number of allylic oxidation sites excluding steroid dienone is 1. The van der Waals surface area contributed by atoms with E-state index in [9.17, 15) is 4.79 Å². The first-order valence-corrected chi connectivity index (χ1v) is 11.1. The van der Waals surface area contributed by atoms with E-state index < -0.39 is 0 Å². The lowest BCUT2D eigenvalue weighted by atomic mass is 9.97. The lowest BCUT2D eigenvalue weighted by molar-refractivity contribution is -0.120. The maximum Gasteiger partial charge on any atom is 0.233 e. The minimum atomic E-state index is -0.202. The lowest BCUT2D eigenvalue weighted by Gasteiger charge is -2.15. The second-order valence-corrected chi connectivity index (χ2v) is 8.86. The first-order chi connectivity index (χ1) is 13.7. The highest BCUT2D eigenvalue weighted by Gasteiger charge is 2.31. The molecule has 2 aromatic rings. The Bertz CT molecular complexity index is 844. The fraction of sp³-hybridized carbons (Fsp3) is 0.524. The van der Waals surface area contributed by atoms with Gasteiger partial charge in [0, 0.05) is 30.5 Å². The minimum absolute atomic E-state index is 0.0669. The van der Waals surface area contributed by atoms with Gasteiger partial charge in [0.25, 0.3) is 0 Å². The van der Waals surface area contributed by atoms with Gasteiger partial charge in [-0.25, -0.2) is 0 Å². The highest BCUT2D eigenvalue weighted by Crippen LogP contribution is 2.41. The Labute approximate surface area is 170 Å². The number of hydrogen-bond donors (Lipinski definition) is 1. The summed E-state index contributed by atoms with van der Waals surface area (Å²) in [6.45, 7) is 2.66. The molecule has 1 amide bonds. The smallest absolute Gasteiger partial charge is 0.233 e. The molecular formula is C21H27N5OS. The molecule has 1 saturated carbocycles. The number of carbonyl (C=O) groups excluding carboxylic acids is 1. The summed E-state index contributed by atoms with van der Waals surface area (Å²) in [6, 6.07) is 4.34. The summed E-state index contributed by atoms with van der Waals surface area (Å²) < 4.78 is 2.19. The summed E-state index contributed by atoms with van der Waals surface area (Å²) >= 11 is 1.50. The summed E-state index contributed by atoms with van der Waals surface area (Å²) in [5.41, 5.74) is 2.50. The molecule has 1 N–H and O–H groups in total. The van der Waals surface area contributed by atoms with Crippen LogP contribution in [0.3, 0.4) is 0 Å². The molecule has 2 heterocycles. The van der Waals surface area contributed by atoms with Gasteiger partial charge in [-0.3, -0.25) is 14.3 Å². The molecule has 0 spiro atoms. The molecule has 0 radical (unpaired) electrons. The molecule has 28 heavy (non-hydrogen) atoms. The van der Waals surface area contributed by atoms with E-state index in [-0.39, 0.29) is 11.2 Å². The number of thioether (sulfide) groups is 1. The Morgan fingerprint density at radius 3 is 2.82 bits per heavy atom. The lowest BCUT2D eigenvalue weighted by Crippen LogP contribution is -2.32. The minimum Gasteiger partial charge on any atom is -0.355 e. The van der Waals surface area contributed by atoms with E-state index in [0.29, 0.717) is 12.6 Å². The molecule has 6 nitrogen and oxygen atoms in total. The van der Waals surface area contributed by atoms with E-state index in [1.54, 1.807) is 12.4 Å². The molecule has 1 fully saturated rings. The zero-order valence-electron chi connectivity index (χ0n) is 16.3. The predicted molar refractivity (Wildman–Crippen MR) is 111 cm³/mol. The van der Waals surface area contributed by atoms with Crippen molar-refractivity contribution in [2.75, 3.05) is 6.54 Å². The van der Waals surface area contributed by atoms with Crippen LogP contribution < -0.4 is 5.32 Å². The maximum absolute atomic E-state index is 12.5. The van der Waals surface area contributed by atoms with Crippen molar-refractivity contribution in [3.63, 3.8) is 0 Å². The van der Waals surface area contributed by atoms with E-state index in [0.717, 1.165) is 35.8 Å². The topological polar surface area (TPSA) is 72.7 Å². The second-order valence-electron chi connectivity index (χ2n) is 7.55. The average Bonchev–Trinajstić information content (AvgIpc) is 3.49. The van der Waals surface area contributed by atoms with Crippen molar-refractivity contribution in [1.82, 2.24) is 25.1 Å². The van der Waals surface area contributed by atoms with Crippen molar-refractivity contribution in [2.24, 2.45) is 0 Å². The molecule has 148 valence electrons. The molecule has 2 aliphatic rings. The molecule has 7 heteroatoms. The molecule has 0 aromatic carbocycles. The molecule has 0 bridgehead atoms. The summed E-state index contributed by atoms with van der Waals surface area (Å²) in [5.74, 6) is 0.932. The first-order valence-electron chi connectivity index (χ1n) is 10.2. The second kappa shape index (κ2) is 8.90. The van der Waals surface area contributed by atoms with Gasteiger partial charge >= 0.3 is 0 Å². The van der Waals surface area contributed by atoms with Crippen LogP contribution in [0.5, 0.6) is 0 Å². The van der Waals surface area contributed by atoms with Crippen LogP contribution in [0.2, 0.25) is 0 Å². The number of amides is 1. The molecular weight excluding hydrogens is 370 g/mol. The summed E-state index contributed by atoms with van der Waals surface area (Å²) in [7, 11) is 0. The quantitative estimate of drug-likeness (QED) is 0.535. The van der Waals surface area contributed by atoms with Gasteiger partial charge in [-0.1, -0.05) is 23.4 Å². The first kappa shape index (κ1) is 19.2. The van der Waals surface area contributed by atoms with Crippen LogP contribution in [0.25, 0.3) is 11.4 Å². The summed E-state index contributed by atoms with van der Waals surface area (Å²) in [6.07, 6.45) is 14.1. The van der Waals surface area contributed by atoms with E-state index in [1.165, 1.54) is 43.0 Å². The Morgan fingerprint density at radius 1 is 1.29 bits per heavy atom. The average molecular weight is 398 g/mol. The van der Waals surface area contributed by atoms with E-state index in [1.807, 2.05) is 19.1 Å². The van der Waals surface area contributed by atoms with Crippen molar-refractivity contribution < 1.29 is 4.79 Å². The Hall–Kier alpha value is -2.15. The zero-order valence-corrected chi connectivity index (χ0v) is 17.1. The van der Waals surface area contributed by atoms with Crippen LogP contribution in [0, 0.1) is 0 Å². The van der Waals surface area contributed by atoms with Gasteiger partial charge in [0.1, 0.15) is 0 Å². The van der Waals surface area contributed by atoms with Crippen LogP contribution in [-0.2, 0) is 4.79 Å². The predicted octanol–water partition coefficient (Wildman–Crippen LogP) is 4.16. The number of rotatable bonds is 8. The van der Waals surface area contributed by atoms with Crippen molar-refractivity contribution in [3.05, 3.63) is 36.2 Å². The largest absolute Gasteiger partial charge is 0.355 e. The van der Waals surface area contributed by atoms with E-state index in [2.05, 4.69) is 31.1 Å². The van der Waals surface area contributed by atoms with Gasteiger partial charge < -0.3 is 5.32 Å². The zero-order chi connectivity index (χ0) is 19.3. The van der Waals surface area contributed by atoms with Gasteiger partial charge in [-0.2, -0.15) is 0 Å². The van der Waals surface area contributed by atoms with Crippen molar-refractivity contribution in [1.29, 1.82) is 0 Å². The van der Waals surface area contributed by atoms with Crippen LogP contribution >= 0.6 is 11.8 Å². The monoisotopic (exact) mass is 397 g/mol. The van der Waals surface area contributed by atoms with Crippen LogP contribution in [0.1, 0.15) is 57.9 Å². The van der Waals surface area contributed by atoms with Gasteiger partial charge in [-0.05, 0) is 64.0 Å². The van der Waals surface area contributed by atoms with Crippen molar-refractivity contribution >= 4 is 17.7 Å². The number of carbonyl (C=O) groups is 1. The number of nitrogens with zero attached hydrogens (tertiary/aromatic N) is 4. The van der Waals surface area contributed by atoms with Crippen molar-refractivity contribution in [2.45, 2.75) is 68.3 Å². The molecule has 0 aliphatic heterocycles. The number of nitrogens with one attached hydrogen (secondary N) is 1. The Morgan fingerprint density at radius 2 is 2.11 bits per heavy atom. The van der Waals surface area contributed by atoms with Crippen molar-refractivity contribution in [3.8, 4) is 11.4 Å². The SMILES string of the molecule is C[C@@H](Sc1nnc(-c2ccncc2)n1C1CC1)C(=O)NCCC1=CCCCC1. The van der Waals surface area contributed by atoms with Gasteiger partial charge in [0.2, 0.25) is 5.91 Å². The Balaban J connectivity index is 1.37. The van der Waals surface area contributed by atoms with E-state index in [4.69, 9.17) is 0 Å². The van der Waals surface area contributed by atoms with Gasteiger partial charge in [-0.15, -0.1) is 10.2 Å². The third-order valence-electron chi connectivity index (χ3n) is 5.30. The number of pyridine rings is 1. The third-order valence-corrected chi connectivity index (χ3v) is 6.35. The Kier molecular flexibility index (Phi) is 6.10. The van der Waals surface area contributed by atoms with E-state index >= 15 is 0 Å². The highest BCUT2D eigenvalue weighted by molar-refractivity contribution is 8.00. The van der Waals surface area contributed by atoms with Gasteiger partial charge in [0.05, 0.1) is 5.25 Å². The van der Waals surface area contributed by atoms with Crippen LogP contribution in [0.4, 0.5) is 0 Å². The molecule has 2 aliphatic carbocycles. The molecule has 0 unspecified atom stereocenters. The van der Waals surface area contributed by atoms with Gasteiger partial charge in [0.15, 0.2) is 11.0 Å². The number of hydrogen-bond acceptors (Lipinski definition) is 5. The third kappa shape index (κ3) is 4.63. The normalized spacial score (nSPS) is 17.8. The molecule has 1 atom stereocenters. The molecule has 0 saturated heterocycles. The summed E-state index contributed by atoms with van der Waals surface area (Å²) in [5, 5.41) is 12.5. The standard InChI is InChI=1S/C21H27N5OS/c1-15(20(27)23-14-9-16-5-3-2-4-6-16)28-21-25-24-19(26(21)18-7-8-18)17-10-12-22-13-11-17/h5,10-13,15,18H,2-4,6-9,14H2,1H3,(H,23,27)/t15-/m1/s1. The molecule has 4 rings (SSSR count). The highest BCUT2D eigenvalue weighted by atomic mass is 32.2. The number of aromatic nitrogens is 4. The maximum atomic E-state index is 12.5. The fourth-order valence-electron chi connectivity index (χ4n) is 3.55.